The van der Waals surface area contributed by atoms with E-state index in [4.69, 9.17) is 4.74 Å². The van der Waals surface area contributed by atoms with Crippen LogP contribution in [0, 0.1) is 11.7 Å². The Morgan fingerprint density at radius 3 is 2.83 bits per heavy atom. The van der Waals surface area contributed by atoms with Crippen LogP contribution >= 0.6 is 0 Å². The van der Waals surface area contributed by atoms with Gasteiger partial charge in [-0.2, -0.15) is 0 Å². The molecule has 0 aromatic heterocycles. The van der Waals surface area contributed by atoms with Gasteiger partial charge in [0, 0.05) is 26.5 Å². The number of benzene rings is 1. The summed E-state index contributed by atoms with van der Waals surface area (Å²) in [6.07, 6.45) is 0.883. The summed E-state index contributed by atoms with van der Waals surface area (Å²) in [5.74, 6) is -1.49. The zero-order valence-corrected chi connectivity index (χ0v) is 13.4. The molecule has 0 spiro atoms. The van der Waals surface area contributed by atoms with Crippen molar-refractivity contribution in [3.8, 4) is 0 Å². The van der Waals surface area contributed by atoms with Gasteiger partial charge in [-0.15, -0.1) is 0 Å². The second-order valence-corrected chi connectivity index (χ2v) is 6.14. The van der Waals surface area contributed by atoms with E-state index >= 15 is 0 Å². The van der Waals surface area contributed by atoms with Gasteiger partial charge in [0.15, 0.2) is 0 Å². The number of halogens is 1. The van der Waals surface area contributed by atoms with Crippen LogP contribution in [-0.2, 0) is 20.7 Å². The minimum atomic E-state index is -1.00. The van der Waals surface area contributed by atoms with Gasteiger partial charge in [0.1, 0.15) is 11.9 Å². The average Bonchev–Trinajstić information content (AvgIpc) is 2.91. The first-order chi connectivity index (χ1) is 10.9. The van der Waals surface area contributed by atoms with Crippen LogP contribution in [0.5, 0.6) is 0 Å². The highest BCUT2D eigenvalue weighted by Crippen LogP contribution is 2.23. The van der Waals surface area contributed by atoms with E-state index in [0.717, 1.165) is 5.56 Å². The van der Waals surface area contributed by atoms with Crippen LogP contribution in [0.15, 0.2) is 24.3 Å². The molecule has 1 aromatic rings. The number of rotatable bonds is 6. The number of hydrogen-bond acceptors (Lipinski definition) is 3. The zero-order chi connectivity index (χ0) is 17.0. The number of methoxy groups -OCH3 is 1. The van der Waals surface area contributed by atoms with E-state index in [1.807, 2.05) is 13.0 Å². The summed E-state index contributed by atoms with van der Waals surface area (Å²) in [5, 5.41) is 9.25. The van der Waals surface area contributed by atoms with Crippen LogP contribution in [0.2, 0.25) is 0 Å². The van der Waals surface area contributed by atoms with E-state index in [-0.39, 0.29) is 30.2 Å². The summed E-state index contributed by atoms with van der Waals surface area (Å²) < 4.78 is 18.4. The molecule has 6 heteroatoms. The largest absolute Gasteiger partial charge is 0.480 e. The highest BCUT2D eigenvalue weighted by Gasteiger charge is 2.39. The van der Waals surface area contributed by atoms with Gasteiger partial charge in [-0.3, -0.25) is 4.79 Å². The molecular formula is C17H22FNO4. The number of hydrogen-bond donors (Lipinski definition) is 1. The van der Waals surface area contributed by atoms with E-state index < -0.39 is 12.0 Å². The van der Waals surface area contributed by atoms with E-state index in [9.17, 15) is 19.1 Å². The maximum absolute atomic E-state index is 13.2. The number of ether oxygens (including phenoxy) is 1. The minimum absolute atomic E-state index is 0.000315. The maximum atomic E-state index is 13.2. The van der Waals surface area contributed by atoms with Crippen LogP contribution < -0.4 is 0 Å². The zero-order valence-electron chi connectivity index (χ0n) is 13.4. The van der Waals surface area contributed by atoms with Crippen molar-refractivity contribution >= 4 is 11.9 Å². The average molecular weight is 323 g/mol. The van der Waals surface area contributed by atoms with Gasteiger partial charge in [-0.1, -0.05) is 19.1 Å². The molecule has 3 unspecified atom stereocenters. The number of amides is 1. The predicted molar refractivity (Wildman–Crippen MR) is 82.4 cm³/mol. The summed E-state index contributed by atoms with van der Waals surface area (Å²) in [6, 6.07) is 5.47. The predicted octanol–water partition coefficient (Wildman–Crippen LogP) is 2.09. The Kier molecular flexibility index (Phi) is 5.71. The minimum Gasteiger partial charge on any atom is -0.480 e. The molecule has 1 saturated heterocycles. The summed E-state index contributed by atoms with van der Waals surface area (Å²) in [4.78, 5) is 25.1. The SMILES string of the molecule is COC1CC(C(=O)O)N(C(=O)CC(C)Cc2cccc(F)c2)C1. The van der Waals surface area contributed by atoms with Crippen molar-refractivity contribution in [2.75, 3.05) is 13.7 Å². The molecule has 3 atom stereocenters. The fourth-order valence-corrected chi connectivity index (χ4v) is 3.03. The van der Waals surface area contributed by atoms with Crippen LogP contribution in [0.25, 0.3) is 0 Å². The van der Waals surface area contributed by atoms with Gasteiger partial charge in [0.25, 0.3) is 0 Å². The van der Waals surface area contributed by atoms with Gasteiger partial charge in [0.05, 0.1) is 6.10 Å². The molecule has 1 aromatic carbocycles. The summed E-state index contributed by atoms with van der Waals surface area (Å²) in [6.45, 7) is 2.21. The lowest BCUT2D eigenvalue weighted by Gasteiger charge is -2.23. The fraction of sp³-hybridized carbons (Fsp3) is 0.529. The molecule has 1 aliphatic rings. The van der Waals surface area contributed by atoms with Crippen molar-refractivity contribution in [3.63, 3.8) is 0 Å². The highest BCUT2D eigenvalue weighted by molar-refractivity contribution is 5.84. The lowest BCUT2D eigenvalue weighted by Crippen LogP contribution is -2.41. The quantitative estimate of drug-likeness (QED) is 0.870. The Balaban J connectivity index is 1.96. The normalized spacial score (nSPS) is 22.1. The van der Waals surface area contributed by atoms with Gasteiger partial charge in [0.2, 0.25) is 5.91 Å². The highest BCUT2D eigenvalue weighted by atomic mass is 19.1. The number of aliphatic carboxylic acids is 1. The molecule has 2 rings (SSSR count). The van der Waals surface area contributed by atoms with Gasteiger partial charge in [-0.25, -0.2) is 9.18 Å². The third kappa shape index (κ3) is 4.51. The maximum Gasteiger partial charge on any atom is 0.326 e. The van der Waals surface area contributed by atoms with Gasteiger partial charge in [-0.05, 0) is 30.0 Å². The van der Waals surface area contributed by atoms with Gasteiger partial charge < -0.3 is 14.7 Å². The Morgan fingerprint density at radius 2 is 2.22 bits per heavy atom. The fourth-order valence-electron chi connectivity index (χ4n) is 3.03. The van der Waals surface area contributed by atoms with E-state index in [0.29, 0.717) is 19.4 Å². The molecule has 1 aliphatic heterocycles. The van der Waals surface area contributed by atoms with E-state index in [2.05, 4.69) is 0 Å². The number of carbonyl (C=O) groups excluding carboxylic acids is 1. The first kappa shape index (κ1) is 17.4. The summed E-state index contributed by atoms with van der Waals surface area (Å²) in [7, 11) is 1.52. The Bertz CT molecular complexity index is 577. The van der Waals surface area contributed by atoms with Crippen molar-refractivity contribution in [2.24, 2.45) is 5.92 Å². The number of carboxylic acid groups (broad SMARTS) is 1. The Morgan fingerprint density at radius 1 is 1.48 bits per heavy atom. The molecule has 0 bridgehead atoms. The molecule has 0 radical (unpaired) electrons. The topological polar surface area (TPSA) is 66.8 Å². The smallest absolute Gasteiger partial charge is 0.326 e. The van der Waals surface area contributed by atoms with E-state index in [1.165, 1.54) is 24.1 Å². The van der Waals surface area contributed by atoms with Crippen LogP contribution in [0.3, 0.4) is 0 Å². The standard InChI is InChI=1S/C17H22FNO4/c1-11(6-12-4-3-5-13(18)8-12)7-16(20)19-10-14(23-2)9-15(19)17(21)22/h3-5,8,11,14-15H,6-7,9-10H2,1-2H3,(H,21,22). The molecule has 1 amide bonds. The molecule has 0 aliphatic carbocycles. The van der Waals surface area contributed by atoms with Crippen LogP contribution in [0.4, 0.5) is 4.39 Å². The Labute approximate surface area is 135 Å². The summed E-state index contributed by atoms with van der Waals surface area (Å²) >= 11 is 0. The van der Waals surface area contributed by atoms with Crippen LogP contribution in [0.1, 0.15) is 25.3 Å². The molecule has 23 heavy (non-hydrogen) atoms. The molecule has 1 fully saturated rings. The van der Waals surface area contributed by atoms with Gasteiger partial charge >= 0.3 is 5.97 Å². The lowest BCUT2D eigenvalue weighted by atomic mass is 9.97. The van der Waals surface area contributed by atoms with Crippen molar-refractivity contribution in [1.29, 1.82) is 0 Å². The first-order valence-electron chi connectivity index (χ1n) is 7.70. The molecule has 1 heterocycles. The van der Waals surface area contributed by atoms with Crippen molar-refractivity contribution in [3.05, 3.63) is 35.6 Å². The molecular weight excluding hydrogens is 301 g/mol. The number of carboxylic acids is 1. The lowest BCUT2D eigenvalue weighted by molar-refractivity contribution is -0.148. The number of carbonyl (C=O) groups is 2. The van der Waals surface area contributed by atoms with Crippen molar-refractivity contribution in [1.82, 2.24) is 4.90 Å². The third-order valence-electron chi connectivity index (χ3n) is 4.20. The van der Waals surface area contributed by atoms with Crippen molar-refractivity contribution < 1.29 is 23.8 Å². The molecule has 0 saturated carbocycles. The van der Waals surface area contributed by atoms with Crippen molar-refractivity contribution in [2.45, 2.75) is 38.3 Å². The van der Waals surface area contributed by atoms with Crippen LogP contribution in [-0.4, -0.2) is 47.7 Å². The molecule has 1 N–H and O–H groups in total. The number of nitrogens with zero attached hydrogens (tertiary/aromatic N) is 1. The first-order valence-corrected chi connectivity index (χ1v) is 7.70. The monoisotopic (exact) mass is 323 g/mol. The molecule has 5 nitrogen and oxygen atoms in total. The number of likely N-dealkylation sites (tertiary alicyclic amines) is 1. The third-order valence-corrected chi connectivity index (χ3v) is 4.20. The van der Waals surface area contributed by atoms with E-state index in [1.54, 1.807) is 6.07 Å². The second kappa shape index (κ2) is 7.55. The Hall–Kier alpha value is -1.95. The summed E-state index contributed by atoms with van der Waals surface area (Å²) in [5.41, 5.74) is 0.830. The molecule has 126 valence electrons. The second-order valence-electron chi connectivity index (χ2n) is 6.14.